The molecule has 0 bridgehead atoms. The molecule has 4 rings (SSSR count). The van der Waals surface area contributed by atoms with Crippen LogP contribution >= 0.6 is 11.3 Å². The summed E-state index contributed by atoms with van der Waals surface area (Å²) in [5.41, 5.74) is 2.27. The summed E-state index contributed by atoms with van der Waals surface area (Å²) in [5, 5.41) is 4.20. The van der Waals surface area contributed by atoms with Gasteiger partial charge in [-0.1, -0.05) is 19.1 Å². The highest BCUT2D eigenvalue weighted by atomic mass is 32.1. The fourth-order valence-electron chi connectivity index (χ4n) is 3.75. The molecule has 4 nitrogen and oxygen atoms in total. The molecule has 142 valence electrons. The predicted molar refractivity (Wildman–Crippen MR) is 108 cm³/mol. The van der Waals surface area contributed by atoms with E-state index in [1.165, 1.54) is 22.6 Å². The van der Waals surface area contributed by atoms with Gasteiger partial charge in [0, 0.05) is 4.88 Å². The fraction of sp³-hybridized carbons (Fsp3) is 0.429. The maximum Gasteiger partial charge on any atom is 0.259 e. The van der Waals surface area contributed by atoms with Crippen LogP contribution in [0.4, 0.5) is 4.39 Å². The molecule has 0 saturated heterocycles. The quantitative estimate of drug-likeness (QED) is 0.694. The number of H-pyrrole nitrogens is 1. The summed E-state index contributed by atoms with van der Waals surface area (Å²) >= 11 is 1.68. The van der Waals surface area contributed by atoms with E-state index >= 15 is 0 Å². The maximum atomic E-state index is 13.0. The van der Waals surface area contributed by atoms with Crippen LogP contribution in [0.5, 0.6) is 0 Å². The number of aromatic nitrogens is 2. The van der Waals surface area contributed by atoms with Crippen molar-refractivity contribution in [2.24, 2.45) is 5.92 Å². The average Bonchev–Trinajstić information content (AvgIpc) is 3.01. The second-order valence-corrected chi connectivity index (χ2v) is 8.62. The molecular formula is C21H24FN3OS. The molecule has 0 amide bonds. The summed E-state index contributed by atoms with van der Waals surface area (Å²) in [4.78, 5) is 22.6. The molecule has 27 heavy (non-hydrogen) atoms. The van der Waals surface area contributed by atoms with Crippen LogP contribution in [0.25, 0.3) is 10.2 Å². The molecule has 2 heterocycles. The van der Waals surface area contributed by atoms with Crippen LogP contribution in [-0.4, -0.2) is 16.5 Å². The zero-order valence-electron chi connectivity index (χ0n) is 15.6. The lowest BCUT2D eigenvalue weighted by molar-refractivity contribution is 0.509. The minimum absolute atomic E-state index is 0.0192. The highest BCUT2D eigenvalue weighted by Crippen LogP contribution is 2.35. The Hall–Kier alpha value is -2.05. The summed E-state index contributed by atoms with van der Waals surface area (Å²) in [6.45, 7) is 5.00. The Morgan fingerprint density at radius 1 is 1.37 bits per heavy atom. The number of fused-ring (bicyclic) bond motifs is 3. The van der Waals surface area contributed by atoms with Crippen molar-refractivity contribution in [3.8, 4) is 0 Å². The maximum absolute atomic E-state index is 13.0. The predicted octanol–water partition coefficient (Wildman–Crippen LogP) is 4.14. The Bertz CT molecular complexity index is 1010. The molecule has 0 spiro atoms. The SMILES string of the molecule is C[C@H]1CCc2c(sc3nc([C@H](C)NCCc4ccc(F)cc4)[nH]c(=O)c23)C1. The molecule has 2 aromatic heterocycles. The first-order valence-corrected chi connectivity index (χ1v) is 10.3. The summed E-state index contributed by atoms with van der Waals surface area (Å²) in [6.07, 6.45) is 3.96. The number of aromatic amines is 1. The number of benzene rings is 1. The van der Waals surface area contributed by atoms with Gasteiger partial charge in [0.25, 0.3) is 5.56 Å². The van der Waals surface area contributed by atoms with Gasteiger partial charge in [-0.25, -0.2) is 9.37 Å². The Kier molecular flexibility index (Phi) is 5.10. The molecule has 3 aromatic rings. The molecule has 1 aliphatic rings. The summed E-state index contributed by atoms with van der Waals surface area (Å²) in [5.74, 6) is 1.14. The van der Waals surface area contributed by atoms with Crippen LogP contribution in [0.2, 0.25) is 0 Å². The number of rotatable bonds is 5. The molecule has 0 radical (unpaired) electrons. The van der Waals surface area contributed by atoms with Gasteiger partial charge in [0.15, 0.2) is 0 Å². The molecule has 2 atom stereocenters. The summed E-state index contributed by atoms with van der Waals surface area (Å²) < 4.78 is 13.0. The Morgan fingerprint density at radius 2 is 2.15 bits per heavy atom. The molecular weight excluding hydrogens is 361 g/mol. The molecule has 1 aromatic carbocycles. The molecule has 0 aliphatic heterocycles. The first-order chi connectivity index (χ1) is 13.0. The molecule has 0 saturated carbocycles. The molecule has 6 heteroatoms. The van der Waals surface area contributed by atoms with E-state index in [1.807, 2.05) is 6.92 Å². The van der Waals surface area contributed by atoms with E-state index < -0.39 is 0 Å². The van der Waals surface area contributed by atoms with Crippen LogP contribution in [0.1, 0.15) is 48.1 Å². The van der Waals surface area contributed by atoms with Gasteiger partial charge < -0.3 is 10.3 Å². The van der Waals surface area contributed by atoms with Crippen molar-refractivity contribution >= 4 is 21.6 Å². The molecule has 0 unspecified atom stereocenters. The lowest BCUT2D eigenvalue weighted by atomic mass is 9.89. The third-order valence-corrected chi connectivity index (χ3v) is 6.52. The summed E-state index contributed by atoms with van der Waals surface area (Å²) in [6, 6.07) is 6.49. The van der Waals surface area contributed by atoms with Crippen molar-refractivity contribution in [2.75, 3.05) is 6.54 Å². The lowest BCUT2D eigenvalue weighted by Gasteiger charge is -2.17. The smallest absolute Gasteiger partial charge is 0.259 e. The van der Waals surface area contributed by atoms with E-state index in [0.29, 0.717) is 11.7 Å². The lowest BCUT2D eigenvalue weighted by Crippen LogP contribution is -2.25. The van der Waals surface area contributed by atoms with E-state index in [1.54, 1.807) is 23.5 Å². The van der Waals surface area contributed by atoms with Gasteiger partial charge in [0.2, 0.25) is 0 Å². The van der Waals surface area contributed by atoms with Crippen LogP contribution < -0.4 is 10.9 Å². The van der Waals surface area contributed by atoms with Crippen molar-refractivity contribution < 1.29 is 4.39 Å². The number of aryl methyl sites for hydroxylation is 1. The van der Waals surface area contributed by atoms with E-state index in [9.17, 15) is 9.18 Å². The zero-order chi connectivity index (χ0) is 19.0. The number of nitrogens with one attached hydrogen (secondary N) is 2. The minimum Gasteiger partial charge on any atom is -0.309 e. The van der Waals surface area contributed by atoms with Crippen molar-refractivity contribution in [1.29, 1.82) is 0 Å². The number of halogens is 1. The van der Waals surface area contributed by atoms with Crippen LogP contribution in [0.15, 0.2) is 29.1 Å². The number of hydrogen-bond donors (Lipinski definition) is 2. The van der Waals surface area contributed by atoms with Gasteiger partial charge >= 0.3 is 0 Å². The Morgan fingerprint density at radius 3 is 2.93 bits per heavy atom. The Labute approximate surface area is 161 Å². The minimum atomic E-state index is -0.219. The standard InChI is InChI=1S/C21H24FN3OS/c1-12-3-8-16-17(11-12)27-21-18(16)20(26)24-19(25-21)13(2)23-10-9-14-4-6-15(22)7-5-14/h4-7,12-13,23H,3,8-11H2,1-2H3,(H,24,25,26)/t12-,13-/m0/s1. The molecule has 0 fully saturated rings. The van der Waals surface area contributed by atoms with Gasteiger partial charge in [-0.05, 0) is 68.3 Å². The van der Waals surface area contributed by atoms with Crippen molar-refractivity contribution in [2.45, 2.75) is 45.6 Å². The highest BCUT2D eigenvalue weighted by Gasteiger charge is 2.23. The van der Waals surface area contributed by atoms with E-state index in [2.05, 4.69) is 17.2 Å². The van der Waals surface area contributed by atoms with Crippen LogP contribution in [0, 0.1) is 11.7 Å². The first kappa shape index (κ1) is 18.3. The highest BCUT2D eigenvalue weighted by molar-refractivity contribution is 7.18. The van der Waals surface area contributed by atoms with Crippen molar-refractivity contribution in [3.63, 3.8) is 0 Å². The zero-order valence-corrected chi connectivity index (χ0v) is 16.5. The number of thiophene rings is 1. The fourth-order valence-corrected chi connectivity index (χ4v) is 5.14. The second-order valence-electron chi connectivity index (χ2n) is 7.54. The van der Waals surface area contributed by atoms with E-state index in [0.717, 1.165) is 48.0 Å². The van der Waals surface area contributed by atoms with Gasteiger partial charge in [-0.2, -0.15) is 0 Å². The molecule has 1 aliphatic carbocycles. The van der Waals surface area contributed by atoms with Gasteiger partial charge in [0.1, 0.15) is 16.5 Å². The number of hydrogen-bond acceptors (Lipinski definition) is 4. The third kappa shape index (κ3) is 3.82. The van der Waals surface area contributed by atoms with Gasteiger partial charge in [0.05, 0.1) is 11.4 Å². The second kappa shape index (κ2) is 7.52. The monoisotopic (exact) mass is 385 g/mol. The van der Waals surface area contributed by atoms with E-state index in [-0.39, 0.29) is 17.4 Å². The molecule has 2 N–H and O–H groups in total. The largest absolute Gasteiger partial charge is 0.309 e. The van der Waals surface area contributed by atoms with Crippen LogP contribution in [0.3, 0.4) is 0 Å². The third-order valence-electron chi connectivity index (χ3n) is 5.37. The first-order valence-electron chi connectivity index (χ1n) is 9.53. The van der Waals surface area contributed by atoms with E-state index in [4.69, 9.17) is 4.98 Å². The van der Waals surface area contributed by atoms with Crippen molar-refractivity contribution in [3.05, 3.63) is 62.3 Å². The number of nitrogens with zero attached hydrogens (tertiary/aromatic N) is 1. The normalized spacial score (nSPS) is 17.8. The topological polar surface area (TPSA) is 57.8 Å². The van der Waals surface area contributed by atoms with Crippen LogP contribution in [-0.2, 0) is 19.3 Å². The van der Waals surface area contributed by atoms with Crippen molar-refractivity contribution in [1.82, 2.24) is 15.3 Å². The summed E-state index contributed by atoms with van der Waals surface area (Å²) in [7, 11) is 0. The Balaban J connectivity index is 1.49. The average molecular weight is 386 g/mol. The van der Waals surface area contributed by atoms with Gasteiger partial charge in [-0.15, -0.1) is 11.3 Å². The van der Waals surface area contributed by atoms with Gasteiger partial charge in [-0.3, -0.25) is 4.79 Å².